The van der Waals surface area contributed by atoms with Crippen molar-refractivity contribution in [2.45, 2.75) is 25.7 Å². The highest BCUT2D eigenvalue weighted by atomic mass is 35.5. The van der Waals surface area contributed by atoms with Crippen LogP contribution in [-0.4, -0.2) is 37.6 Å². The summed E-state index contributed by atoms with van der Waals surface area (Å²) in [7, 11) is -4.07. The first-order chi connectivity index (χ1) is 13.6. The molecule has 2 aromatic carbocycles. The van der Waals surface area contributed by atoms with Crippen molar-refractivity contribution in [3.8, 4) is 0 Å². The maximum absolute atomic E-state index is 14.2. The van der Waals surface area contributed by atoms with Gasteiger partial charge in [0.25, 0.3) is 5.91 Å². The number of benzene rings is 2. The monoisotopic (exact) mass is 441 g/mol. The molecule has 0 aromatic heterocycles. The summed E-state index contributed by atoms with van der Waals surface area (Å²) in [5, 5.41) is 5.28. The van der Waals surface area contributed by atoms with E-state index in [0.717, 1.165) is 16.4 Å². The molecule has 0 bridgehead atoms. The van der Waals surface area contributed by atoms with E-state index in [2.05, 4.69) is 10.6 Å². The lowest BCUT2D eigenvalue weighted by molar-refractivity contribution is -0.114. The fourth-order valence-electron chi connectivity index (χ4n) is 2.64. The van der Waals surface area contributed by atoms with Crippen LogP contribution in [0, 0.1) is 5.82 Å². The van der Waals surface area contributed by atoms with Gasteiger partial charge in [-0.1, -0.05) is 25.4 Å². The zero-order chi connectivity index (χ0) is 21.8. The SMILES string of the molecule is CCN(CC)S(=O)(=O)c1cc(C(=O)Nc2ccc(NC(C)=O)cc2Cl)ccc1F. The average molecular weight is 442 g/mol. The van der Waals surface area contributed by atoms with Crippen molar-refractivity contribution in [2.24, 2.45) is 0 Å². The van der Waals surface area contributed by atoms with E-state index in [-0.39, 0.29) is 35.3 Å². The molecular formula is C19H21ClFN3O4S. The molecule has 2 amide bonds. The molecule has 10 heteroatoms. The van der Waals surface area contributed by atoms with E-state index in [1.807, 2.05) is 0 Å². The van der Waals surface area contributed by atoms with Crippen molar-refractivity contribution in [3.63, 3.8) is 0 Å². The van der Waals surface area contributed by atoms with Crippen molar-refractivity contribution in [1.29, 1.82) is 0 Å². The standard InChI is InChI=1S/C19H21ClFN3O4S/c1-4-24(5-2)29(27,28)18-10-13(6-8-16(18)21)19(26)23-17-9-7-14(11-15(17)20)22-12(3)25/h6-11H,4-5H2,1-3H3,(H,22,25)(H,23,26). The number of rotatable bonds is 7. The van der Waals surface area contributed by atoms with Gasteiger partial charge in [-0.25, -0.2) is 12.8 Å². The fourth-order valence-corrected chi connectivity index (χ4v) is 4.41. The lowest BCUT2D eigenvalue weighted by Gasteiger charge is -2.19. The van der Waals surface area contributed by atoms with E-state index >= 15 is 0 Å². The van der Waals surface area contributed by atoms with Crippen LogP contribution in [0.3, 0.4) is 0 Å². The molecule has 0 spiro atoms. The highest BCUT2D eigenvalue weighted by molar-refractivity contribution is 7.89. The Hall–Kier alpha value is -2.49. The minimum atomic E-state index is -4.07. The molecule has 2 N–H and O–H groups in total. The first kappa shape index (κ1) is 22.8. The molecule has 0 unspecified atom stereocenters. The van der Waals surface area contributed by atoms with Crippen LogP contribution >= 0.6 is 11.6 Å². The molecule has 156 valence electrons. The number of nitrogens with zero attached hydrogens (tertiary/aromatic N) is 1. The van der Waals surface area contributed by atoms with Crippen molar-refractivity contribution < 1.29 is 22.4 Å². The van der Waals surface area contributed by atoms with Gasteiger partial charge in [-0.2, -0.15) is 4.31 Å². The van der Waals surface area contributed by atoms with Gasteiger partial charge in [0.2, 0.25) is 15.9 Å². The van der Waals surface area contributed by atoms with Gasteiger partial charge in [-0.15, -0.1) is 0 Å². The molecule has 0 saturated carbocycles. The van der Waals surface area contributed by atoms with Crippen LogP contribution in [-0.2, 0) is 14.8 Å². The molecule has 0 aliphatic carbocycles. The number of hydrogen-bond acceptors (Lipinski definition) is 4. The van der Waals surface area contributed by atoms with Crippen LogP contribution in [0.2, 0.25) is 5.02 Å². The van der Waals surface area contributed by atoms with Crippen LogP contribution in [0.5, 0.6) is 0 Å². The summed E-state index contributed by atoms with van der Waals surface area (Å²) in [4.78, 5) is 23.1. The number of halogens is 2. The zero-order valence-electron chi connectivity index (χ0n) is 16.1. The summed E-state index contributed by atoms with van der Waals surface area (Å²) in [6.07, 6.45) is 0. The predicted octanol–water partition coefficient (Wildman–Crippen LogP) is 3.72. The van der Waals surface area contributed by atoms with Crippen LogP contribution in [0.15, 0.2) is 41.3 Å². The number of carbonyl (C=O) groups excluding carboxylic acids is 2. The van der Waals surface area contributed by atoms with Gasteiger partial charge in [0, 0.05) is 31.3 Å². The number of carbonyl (C=O) groups is 2. The van der Waals surface area contributed by atoms with Crippen LogP contribution in [0.4, 0.5) is 15.8 Å². The van der Waals surface area contributed by atoms with E-state index in [1.165, 1.54) is 25.1 Å². The normalized spacial score (nSPS) is 11.4. The molecule has 2 aromatic rings. The Kier molecular flexibility index (Phi) is 7.34. The van der Waals surface area contributed by atoms with E-state index in [0.29, 0.717) is 5.69 Å². The molecule has 0 heterocycles. The van der Waals surface area contributed by atoms with E-state index in [1.54, 1.807) is 19.9 Å². The van der Waals surface area contributed by atoms with Crippen molar-refractivity contribution in [2.75, 3.05) is 23.7 Å². The van der Waals surface area contributed by atoms with Gasteiger partial charge >= 0.3 is 0 Å². The van der Waals surface area contributed by atoms with Gasteiger partial charge in [-0.3, -0.25) is 9.59 Å². The number of amides is 2. The lowest BCUT2D eigenvalue weighted by Crippen LogP contribution is -2.31. The van der Waals surface area contributed by atoms with Crippen LogP contribution < -0.4 is 10.6 Å². The summed E-state index contributed by atoms with van der Waals surface area (Å²) in [6.45, 7) is 4.97. The Morgan fingerprint density at radius 3 is 2.28 bits per heavy atom. The first-order valence-corrected chi connectivity index (χ1v) is 10.6. The zero-order valence-corrected chi connectivity index (χ0v) is 17.7. The van der Waals surface area contributed by atoms with Gasteiger partial charge in [-0.05, 0) is 36.4 Å². The maximum atomic E-state index is 14.2. The fraction of sp³-hybridized carbons (Fsp3) is 0.263. The molecule has 0 atom stereocenters. The lowest BCUT2D eigenvalue weighted by atomic mass is 10.2. The summed E-state index contributed by atoms with van der Waals surface area (Å²) in [5.74, 6) is -1.87. The minimum absolute atomic E-state index is 0.0425. The van der Waals surface area contributed by atoms with Crippen LogP contribution in [0.25, 0.3) is 0 Å². The largest absolute Gasteiger partial charge is 0.326 e. The average Bonchev–Trinajstić information content (AvgIpc) is 2.64. The third kappa shape index (κ3) is 5.31. The number of nitrogens with one attached hydrogen (secondary N) is 2. The van der Waals surface area contributed by atoms with E-state index in [4.69, 9.17) is 11.6 Å². The van der Waals surface area contributed by atoms with Gasteiger partial charge < -0.3 is 10.6 Å². The second-order valence-corrected chi connectivity index (χ2v) is 8.38. The summed E-state index contributed by atoms with van der Waals surface area (Å²) < 4.78 is 40.6. The number of sulfonamides is 1. The Morgan fingerprint density at radius 2 is 1.72 bits per heavy atom. The van der Waals surface area contributed by atoms with Crippen molar-refractivity contribution in [1.82, 2.24) is 4.31 Å². The second-order valence-electron chi connectivity index (χ2n) is 6.06. The third-order valence-corrected chi connectivity index (χ3v) is 6.43. The van der Waals surface area contributed by atoms with Crippen molar-refractivity contribution in [3.05, 3.63) is 52.8 Å². The highest BCUT2D eigenvalue weighted by Gasteiger charge is 2.26. The minimum Gasteiger partial charge on any atom is -0.326 e. The first-order valence-electron chi connectivity index (χ1n) is 8.78. The van der Waals surface area contributed by atoms with Gasteiger partial charge in [0.05, 0.1) is 10.7 Å². The van der Waals surface area contributed by atoms with Gasteiger partial charge in [0.15, 0.2) is 0 Å². The molecule has 0 radical (unpaired) electrons. The third-order valence-electron chi connectivity index (χ3n) is 4.05. The Balaban J connectivity index is 2.32. The van der Waals surface area contributed by atoms with Gasteiger partial charge in [0.1, 0.15) is 10.7 Å². The Bertz CT molecular complexity index is 1040. The molecular weight excluding hydrogens is 421 g/mol. The molecule has 0 saturated heterocycles. The van der Waals surface area contributed by atoms with E-state index in [9.17, 15) is 22.4 Å². The smallest absolute Gasteiger partial charge is 0.255 e. The number of anilines is 2. The predicted molar refractivity (Wildman–Crippen MR) is 110 cm³/mol. The van der Waals surface area contributed by atoms with E-state index < -0.39 is 26.6 Å². The quantitative estimate of drug-likeness (QED) is 0.684. The van der Waals surface area contributed by atoms with Crippen molar-refractivity contribution >= 4 is 44.8 Å². The maximum Gasteiger partial charge on any atom is 0.255 e. The molecule has 2 rings (SSSR count). The summed E-state index contributed by atoms with van der Waals surface area (Å²) in [5.41, 5.74) is 0.664. The molecule has 29 heavy (non-hydrogen) atoms. The molecule has 0 aliphatic heterocycles. The Morgan fingerprint density at radius 1 is 1.07 bits per heavy atom. The Labute approximate surface area is 173 Å². The number of hydrogen-bond donors (Lipinski definition) is 2. The summed E-state index contributed by atoms with van der Waals surface area (Å²) in [6, 6.07) is 7.61. The molecule has 0 aliphatic rings. The highest BCUT2D eigenvalue weighted by Crippen LogP contribution is 2.27. The van der Waals surface area contributed by atoms with Crippen LogP contribution in [0.1, 0.15) is 31.1 Å². The molecule has 7 nitrogen and oxygen atoms in total. The second kappa shape index (κ2) is 9.34. The summed E-state index contributed by atoms with van der Waals surface area (Å²) >= 11 is 6.12. The molecule has 0 fully saturated rings. The topological polar surface area (TPSA) is 95.6 Å².